The van der Waals surface area contributed by atoms with Crippen molar-refractivity contribution in [1.29, 1.82) is 0 Å². The average Bonchev–Trinajstić information content (AvgIpc) is 3.61. The van der Waals surface area contributed by atoms with Crippen LogP contribution in [0, 0.1) is 0 Å². The van der Waals surface area contributed by atoms with Crippen LogP contribution in [0.25, 0.3) is 94.8 Å². The molecule has 4 heteroatoms. The number of benzene rings is 7. The average molecular weight is 703 g/mol. The van der Waals surface area contributed by atoms with Gasteiger partial charge in [0, 0.05) is 51.1 Å². The number of pyridine rings is 1. The standard InChI is InChI=1S/C51H34N4/c1-4-13-35(14-5-1)37-22-24-38(25-23-37)47-33-48(54-51(53-47)39-17-8-3-9-18-39)43-29-42(41-19-12-28-52-34-41)30-44(31-43)55-49-21-11-10-20-45(49)46-32-40(26-27-50(46)55)36-15-6-2-7-16-36/h1-34H. The first kappa shape index (κ1) is 32.2. The Bertz CT molecular complexity index is 2940. The minimum absolute atomic E-state index is 0.680. The van der Waals surface area contributed by atoms with Crippen LogP contribution < -0.4 is 0 Å². The zero-order valence-corrected chi connectivity index (χ0v) is 29.9. The lowest BCUT2D eigenvalue weighted by Crippen LogP contribution is -1.99. The van der Waals surface area contributed by atoms with Crippen molar-refractivity contribution in [1.82, 2.24) is 19.5 Å². The van der Waals surface area contributed by atoms with Gasteiger partial charge in [0.15, 0.2) is 5.82 Å². The highest BCUT2D eigenvalue weighted by molar-refractivity contribution is 6.10. The van der Waals surface area contributed by atoms with Crippen LogP contribution in [0.2, 0.25) is 0 Å². The molecule has 0 aliphatic rings. The Balaban J connectivity index is 1.18. The van der Waals surface area contributed by atoms with Crippen molar-refractivity contribution in [2.45, 2.75) is 0 Å². The van der Waals surface area contributed by atoms with Gasteiger partial charge in [-0.3, -0.25) is 4.98 Å². The highest BCUT2D eigenvalue weighted by Crippen LogP contribution is 2.38. The van der Waals surface area contributed by atoms with Crippen LogP contribution in [0.4, 0.5) is 0 Å². The van der Waals surface area contributed by atoms with Crippen LogP contribution in [-0.4, -0.2) is 19.5 Å². The van der Waals surface area contributed by atoms with E-state index in [2.05, 4.69) is 173 Å². The largest absolute Gasteiger partial charge is 0.309 e. The second-order valence-electron chi connectivity index (χ2n) is 13.7. The monoisotopic (exact) mass is 702 g/mol. The van der Waals surface area contributed by atoms with Crippen LogP contribution in [0.3, 0.4) is 0 Å². The maximum atomic E-state index is 5.26. The summed E-state index contributed by atoms with van der Waals surface area (Å²) in [6.45, 7) is 0. The van der Waals surface area contributed by atoms with E-state index in [0.29, 0.717) is 5.82 Å². The summed E-state index contributed by atoms with van der Waals surface area (Å²) in [5.41, 5.74) is 14.9. The van der Waals surface area contributed by atoms with Crippen molar-refractivity contribution in [3.8, 4) is 73.0 Å². The van der Waals surface area contributed by atoms with Gasteiger partial charge in [-0.25, -0.2) is 9.97 Å². The maximum Gasteiger partial charge on any atom is 0.160 e. The van der Waals surface area contributed by atoms with Crippen molar-refractivity contribution >= 4 is 21.8 Å². The van der Waals surface area contributed by atoms with Gasteiger partial charge in [0.05, 0.1) is 22.4 Å². The van der Waals surface area contributed by atoms with Crippen molar-refractivity contribution in [2.24, 2.45) is 0 Å². The number of aromatic nitrogens is 4. The lowest BCUT2D eigenvalue weighted by Gasteiger charge is -2.15. The van der Waals surface area contributed by atoms with Crippen LogP contribution in [0.15, 0.2) is 207 Å². The number of fused-ring (bicyclic) bond motifs is 3. The first-order valence-corrected chi connectivity index (χ1v) is 18.5. The van der Waals surface area contributed by atoms with Crippen LogP contribution in [-0.2, 0) is 0 Å². The number of nitrogens with zero attached hydrogens (tertiary/aromatic N) is 4. The summed E-state index contributed by atoms with van der Waals surface area (Å²) in [4.78, 5) is 14.9. The SMILES string of the molecule is c1ccc(-c2ccc(-c3cc(-c4cc(-c5cccnc5)cc(-n5c6ccccc6c6cc(-c7ccccc7)ccc65)c4)nc(-c4ccccc4)n3)cc2)cc1. The molecule has 10 aromatic rings. The topological polar surface area (TPSA) is 43.6 Å². The van der Waals surface area contributed by atoms with E-state index in [1.54, 1.807) is 0 Å². The molecule has 55 heavy (non-hydrogen) atoms. The van der Waals surface area contributed by atoms with Gasteiger partial charge >= 0.3 is 0 Å². The van der Waals surface area contributed by atoms with Crippen molar-refractivity contribution < 1.29 is 0 Å². The second-order valence-corrected chi connectivity index (χ2v) is 13.7. The molecule has 10 rings (SSSR count). The van der Waals surface area contributed by atoms with Gasteiger partial charge in [0.1, 0.15) is 0 Å². The number of rotatable bonds is 7. The third kappa shape index (κ3) is 6.16. The molecule has 0 unspecified atom stereocenters. The van der Waals surface area contributed by atoms with E-state index in [-0.39, 0.29) is 0 Å². The van der Waals surface area contributed by atoms with E-state index in [0.717, 1.165) is 61.5 Å². The molecule has 4 nitrogen and oxygen atoms in total. The summed E-state index contributed by atoms with van der Waals surface area (Å²) >= 11 is 0. The molecule has 258 valence electrons. The molecule has 0 saturated heterocycles. The third-order valence-electron chi connectivity index (χ3n) is 10.3. The molecule has 7 aromatic carbocycles. The molecule has 3 heterocycles. The number of hydrogen-bond donors (Lipinski definition) is 0. The van der Waals surface area contributed by atoms with E-state index >= 15 is 0 Å². The first-order valence-electron chi connectivity index (χ1n) is 18.5. The van der Waals surface area contributed by atoms with Crippen molar-refractivity contribution in [2.75, 3.05) is 0 Å². The second kappa shape index (κ2) is 13.8. The van der Waals surface area contributed by atoms with Gasteiger partial charge in [-0.1, -0.05) is 146 Å². The summed E-state index contributed by atoms with van der Waals surface area (Å²) in [5.74, 6) is 0.680. The molecule has 0 atom stereocenters. The van der Waals surface area contributed by atoms with E-state index < -0.39 is 0 Å². The smallest absolute Gasteiger partial charge is 0.160 e. The van der Waals surface area contributed by atoms with Crippen LogP contribution in [0.1, 0.15) is 0 Å². The van der Waals surface area contributed by atoms with E-state index in [1.807, 2.05) is 42.7 Å². The highest BCUT2D eigenvalue weighted by Gasteiger charge is 2.17. The fraction of sp³-hybridized carbons (Fsp3) is 0. The fourth-order valence-corrected chi connectivity index (χ4v) is 7.57. The quantitative estimate of drug-likeness (QED) is 0.166. The fourth-order valence-electron chi connectivity index (χ4n) is 7.57. The molecular formula is C51H34N4. The Morgan fingerprint density at radius 1 is 0.327 bits per heavy atom. The predicted molar refractivity (Wildman–Crippen MR) is 227 cm³/mol. The summed E-state index contributed by atoms with van der Waals surface area (Å²) in [6, 6.07) is 68.4. The van der Waals surface area contributed by atoms with Crippen LogP contribution >= 0.6 is 0 Å². The molecule has 0 fully saturated rings. The van der Waals surface area contributed by atoms with Gasteiger partial charge in [-0.15, -0.1) is 0 Å². The molecule has 0 saturated carbocycles. The van der Waals surface area contributed by atoms with Gasteiger partial charge in [-0.2, -0.15) is 0 Å². The van der Waals surface area contributed by atoms with E-state index in [4.69, 9.17) is 9.97 Å². The molecule has 0 N–H and O–H groups in total. The molecule has 0 aliphatic heterocycles. The zero-order chi connectivity index (χ0) is 36.6. The summed E-state index contributed by atoms with van der Waals surface area (Å²) in [5, 5.41) is 2.41. The van der Waals surface area contributed by atoms with Crippen molar-refractivity contribution in [3.05, 3.63) is 207 Å². The summed E-state index contributed by atoms with van der Waals surface area (Å²) in [7, 11) is 0. The Morgan fingerprint density at radius 3 is 1.58 bits per heavy atom. The highest BCUT2D eigenvalue weighted by atomic mass is 15.0. The lowest BCUT2D eigenvalue weighted by molar-refractivity contribution is 1.16. The third-order valence-corrected chi connectivity index (χ3v) is 10.3. The number of hydrogen-bond acceptors (Lipinski definition) is 3. The molecular weight excluding hydrogens is 669 g/mol. The van der Waals surface area contributed by atoms with Gasteiger partial charge in [0.25, 0.3) is 0 Å². The summed E-state index contributed by atoms with van der Waals surface area (Å²) in [6.07, 6.45) is 3.74. The molecule has 0 amide bonds. The molecule has 0 spiro atoms. The van der Waals surface area contributed by atoms with Gasteiger partial charge in [-0.05, 0) is 76.3 Å². The Labute approximate surface area is 319 Å². The number of para-hydroxylation sites is 1. The summed E-state index contributed by atoms with van der Waals surface area (Å²) < 4.78 is 2.38. The minimum Gasteiger partial charge on any atom is -0.309 e. The van der Waals surface area contributed by atoms with E-state index in [9.17, 15) is 0 Å². The van der Waals surface area contributed by atoms with Crippen LogP contribution in [0.5, 0.6) is 0 Å². The Hall–Kier alpha value is -7.43. The molecule has 3 aromatic heterocycles. The molecule has 0 aliphatic carbocycles. The van der Waals surface area contributed by atoms with E-state index in [1.165, 1.54) is 27.5 Å². The molecule has 0 radical (unpaired) electrons. The normalized spacial score (nSPS) is 11.3. The first-order chi connectivity index (χ1) is 27.2. The Kier molecular flexibility index (Phi) is 8.12. The lowest BCUT2D eigenvalue weighted by atomic mass is 9.99. The van der Waals surface area contributed by atoms with Gasteiger partial charge in [0.2, 0.25) is 0 Å². The maximum absolute atomic E-state index is 5.26. The van der Waals surface area contributed by atoms with Crippen molar-refractivity contribution in [3.63, 3.8) is 0 Å². The zero-order valence-electron chi connectivity index (χ0n) is 29.9. The Morgan fingerprint density at radius 2 is 0.873 bits per heavy atom. The predicted octanol–water partition coefficient (Wildman–Crippen LogP) is 13.0. The van der Waals surface area contributed by atoms with Gasteiger partial charge < -0.3 is 4.57 Å². The minimum atomic E-state index is 0.680. The molecule has 0 bridgehead atoms.